The average Bonchev–Trinajstić information content (AvgIpc) is 2.69. The number of amides is 1. The molecule has 0 spiro atoms. The lowest BCUT2D eigenvalue weighted by atomic mass is 10.2. The Morgan fingerprint density at radius 2 is 1.85 bits per heavy atom. The fraction of sp³-hybridized carbons (Fsp3) is 0.316. The first kappa shape index (κ1) is 20.0. The van der Waals surface area contributed by atoms with Crippen LogP contribution in [0.3, 0.4) is 0 Å². The van der Waals surface area contributed by atoms with E-state index in [9.17, 15) is 14.9 Å². The summed E-state index contributed by atoms with van der Waals surface area (Å²) in [6.45, 7) is 0.971. The van der Waals surface area contributed by atoms with Crippen molar-refractivity contribution in [2.24, 2.45) is 0 Å². The van der Waals surface area contributed by atoms with Crippen LogP contribution in [0.5, 0.6) is 11.5 Å². The molecular formula is C19H23N3O5. The van der Waals surface area contributed by atoms with Gasteiger partial charge < -0.3 is 20.1 Å². The average molecular weight is 373 g/mol. The van der Waals surface area contributed by atoms with Crippen LogP contribution in [-0.4, -0.2) is 31.6 Å². The molecule has 0 saturated carbocycles. The summed E-state index contributed by atoms with van der Waals surface area (Å²) in [5.41, 5.74) is 1.70. The highest BCUT2D eigenvalue weighted by molar-refractivity contribution is 5.76. The summed E-state index contributed by atoms with van der Waals surface area (Å²) in [5.74, 6) is 1.30. The Bertz CT molecular complexity index is 777. The first-order chi connectivity index (χ1) is 13.0. The maximum Gasteiger partial charge on any atom is 0.269 e. The lowest BCUT2D eigenvalue weighted by Gasteiger charge is -2.11. The van der Waals surface area contributed by atoms with Crippen LogP contribution in [0.25, 0.3) is 0 Å². The predicted octanol–water partition coefficient (Wildman–Crippen LogP) is 3.12. The van der Waals surface area contributed by atoms with E-state index in [4.69, 9.17) is 9.47 Å². The number of carbonyl (C=O) groups is 1. The standard InChI is InChI=1S/C19H23N3O5/c1-26-17-10-5-14(18(12-17)27-2)13-21-19(23)4-3-11-20-15-6-8-16(9-7-15)22(24)25/h5-10,12,20H,3-4,11,13H2,1-2H3,(H,21,23). The van der Waals surface area contributed by atoms with Crippen molar-refractivity contribution in [2.75, 3.05) is 26.1 Å². The molecule has 8 nitrogen and oxygen atoms in total. The number of non-ortho nitro benzene ring substituents is 1. The Kier molecular flexibility index (Phi) is 7.42. The van der Waals surface area contributed by atoms with Crippen molar-refractivity contribution in [1.82, 2.24) is 5.32 Å². The van der Waals surface area contributed by atoms with Crippen LogP contribution in [0.15, 0.2) is 42.5 Å². The van der Waals surface area contributed by atoms with Gasteiger partial charge in [-0.1, -0.05) is 0 Å². The van der Waals surface area contributed by atoms with Crippen molar-refractivity contribution < 1.29 is 19.2 Å². The molecule has 0 unspecified atom stereocenters. The van der Waals surface area contributed by atoms with Crippen LogP contribution in [0.4, 0.5) is 11.4 Å². The predicted molar refractivity (Wildman–Crippen MR) is 102 cm³/mol. The summed E-state index contributed by atoms with van der Waals surface area (Å²) >= 11 is 0. The van der Waals surface area contributed by atoms with Crippen molar-refractivity contribution in [3.63, 3.8) is 0 Å². The Balaban J connectivity index is 1.71. The quantitative estimate of drug-likeness (QED) is 0.377. The van der Waals surface area contributed by atoms with Gasteiger partial charge in [0.05, 0.1) is 19.1 Å². The van der Waals surface area contributed by atoms with Crippen LogP contribution in [0.2, 0.25) is 0 Å². The van der Waals surface area contributed by atoms with Crippen molar-refractivity contribution in [1.29, 1.82) is 0 Å². The number of benzene rings is 2. The van der Waals surface area contributed by atoms with Crippen molar-refractivity contribution >= 4 is 17.3 Å². The number of nitro benzene ring substituents is 1. The smallest absolute Gasteiger partial charge is 0.269 e. The molecule has 1 amide bonds. The van der Waals surface area contributed by atoms with Gasteiger partial charge in [-0.15, -0.1) is 0 Å². The van der Waals surface area contributed by atoms with Crippen molar-refractivity contribution in [3.8, 4) is 11.5 Å². The molecule has 2 rings (SSSR count). The van der Waals surface area contributed by atoms with Crippen LogP contribution >= 0.6 is 0 Å². The number of carbonyl (C=O) groups excluding carboxylic acids is 1. The molecule has 2 N–H and O–H groups in total. The van der Waals surface area contributed by atoms with E-state index < -0.39 is 4.92 Å². The van der Waals surface area contributed by atoms with E-state index in [1.165, 1.54) is 12.1 Å². The van der Waals surface area contributed by atoms with E-state index in [-0.39, 0.29) is 11.6 Å². The van der Waals surface area contributed by atoms with Gasteiger partial charge in [-0.2, -0.15) is 0 Å². The summed E-state index contributed by atoms with van der Waals surface area (Å²) in [7, 11) is 3.16. The summed E-state index contributed by atoms with van der Waals surface area (Å²) in [6.07, 6.45) is 1.01. The van der Waals surface area contributed by atoms with E-state index in [1.807, 2.05) is 12.1 Å². The lowest BCUT2D eigenvalue weighted by molar-refractivity contribution is -0.384. The van der Waals surface area contributed by atoms with Gasteiger partial charge in [-0.05, 0) is 30.7 Å². The molecular weight excluding hydrogens is 350 g/mol. The molecule has 0 aliphatic rings. The van der Waals surface area contributed by atoms with E-state index in [0.717, 1.165) is 11.3 Å². The third kappa shape index (κ3) is 6.18. The second-order valence-corrected chi connectivity index (χ2v) is 5.79. The highest BCUT2D eigenvalue weighted by atomic mass is 16.6. The first-order valence-electron chi connectivity index (χ1n) is 8.49. The number of hydrogen-bond acceptors (Lipinski definition) is 6. The topological polar surface area (TPSA) is 103 Å². The van der Waals surface area contributed by atoms with Gasteiger partial charge in [-0.25, -0.2) is 0 Å². The molecule has 0 heterocycles. The molecule has 2 aromatic carbocycles. The van der Waals surface area contributed by atoms with Gasteiger partial charge in [0.15, 0.2) is 0 Å². The normalized spacial score (nSPS) is 10.1. The minimum Gasteiger partial charge on any atom is -0.497 e. The number of anilines is 1. The van der Waals surface area contributed by atoms with Crippen molar-refractivity contribution in [2.45, 2.75) is 19.4 Å². The Labute approximate surface area is 157 Å². The van der Waals surface area contributed by atoms with Gasteiger partial charge in [0.1, 0.15) is 11.5 Å². The Morgan fingerprint density at radius 3 is 2.48 bits per heavy atom. The minimum atomic E-state index is -0.439. The second-order valence-electron chi connectivity index (χ2n) is 5.79. The van der Waals surface area contributed by atoms with E-state index in [0.29, 0.717) is 37.4 Å². The second kappa shape index (κ2) is 10.0. The highest BCUT2D eigenvalue weighted by Gasteiger charge is 2.08. The summed E-state index contributed by atoms with van der Waals surface area (Å²) < 4.78 is 10.5. The molecule has 0 aliphatic heterocycles. The molecule has 27 heavy (non-hydrogen) atoms. The summed E-state index contributed by atoms with van der Waals surface area (Å²) in [6, 6.07) is 11.6. The third-order valence-corrected chi connectivity index (χ3v) is 3.96. The molecule has 0 fully saturated rings. The number of nitro groups is 1. The third-order valence-electron chi connectivity index (χ3n) is 3.96. The van der Waals surface area contributed by atoms with Crippen LogP contribution in [0, 0.1) is 10.1 Å². The molecule has 0 bridgehead atoms. The fourth-order valence-electron chi connectivity index (χ4n) is 2.46. The summed E-state index contributed by atoms with van der Waals surface area (Å²) in [4.78, 5) is 22.2. The van der Waals surface area contributed by atoms with Gasteiger partial charge >= 0.3 is 0 Å². The first-order valence-corrected chi connectivity index (χ1v) is 8.49. The Hall–Kier alpha value is -3.29. The molecule has 2 aromatic rings. The zero-order chi connectivity index (χ0) is 19.6. The van der Waals surface area contributed by atoms with Gasteiger partial charge in [-0.3, -0.25) is 14.9 Å². The number of hydrogen-bond donors (Lipinski definition) is 2. The number of ether oxygens (including phenoxy) is 2. The molecule has 0 saturated heterocycles. The molecule has 0 radical (unpaired) electrons. The van der Waals surface area contributed by atoms with Gasteiger partial charge in [0.25, 0.3) is 5.69 Å². The molecule has 0 atom stereocenters. The number of rotatable bonds is 10. The molecule has 0 aliphatic carbocycles. The van der Waals surface area contributed by atoms with E-state index in [1.54, 1.807) is 32.4 Å². The van der Waals surface area contributed by atoms with Crippen LogP contribution in [-0.2, 0) is 11.3 Å². The van der Waals surface area contributed by atoms with E-state index in [2.05, 4.69) is 10.6 Å². The number of methoxy groups -OCH3 is 2. The maximum atomic E-state index is 12.0. The lowest BCUT2D eigenvalue weighted by Crippen LogP contribution is -2.23. The SMILES string of the molecule is COc1ccc(CNC(=O)CCCNc2ccc([N+](=O)[O-])cc2)c(OC)c1. The molecule has 144 valence electrons. The number of nitrogens with one attached hydrogen (secondary N) is 2. The zero-order valence-electron chi connectivity index (χ0n) is 15.4. The zero-order valence-corrected chi connectivity index (χ0v) is 15.4. The molecule has 0 aromatic heterocycles. The van der Waals surface area contributed by atoms with Crippen molar-refractivity contribution in [3.05, 3.63) is 58.1 Å². The Morgan fingerprint density at radius 1 is 1.11 bits per heavy atom. The highest BCUT2D eigenvalue weighted by Crippen LogP contribution is 2.24. The monoisotopic (exact) mass is 373 g/mol. The summed E-state index contributed by atoms with van der Waals surface area (Å²) in [5, 5.41) is 16.6. The van der Waals surface area contributed by atoms with Gasteiger partial charge in [0, 0.05) is 49.0 Å². The molecule has 8 heteroatoms. The van der Waals surface area contributed by atoms with Crippen LogP contribution in [0.1, 0.15) is 18.4 Å². The fourth-order valence-corrected chi connectivity index (χ4v) is 2.46. The maximum absolute atomic E-state index is 12.0. The van der Waals surface area contributed by atoms with Crippen LogP contribution < -0.4 is 20.1 Å². The van der Waals surface area contributed by atoms with E-state index >= 15 is 0 Å². The largest absolute Gasteiger partial charge is 0.497 e. The number of nitrogens with zero attached hydrogens (tertiary/aromatic N) is 1. The minimum absolute atomic E-state index is 0.0499. The van der Waals surface area contributed by atoms with Gasteiger partial charge in [0.2, 0.25) is 5.91 Å².